The number of hydrogen-bond acceptors (Lipinski definition) is 5. The number of benzene rings is 1. The minimum absolute atomic E-state index is 0.118. The van der Waals surface area contributed by atoms with Gasteiger partial charge in [-0.05, 0) is 24.3 Å². The molecule has 1 aliphatic heterocycles. The van der Waals surface area contributed by atoms with Gasteiger partial charge in [-0.3, -0.25) is 14.4 Å². The zero-order valence-corrected chi connectivity index (χ0v) is 12.3. The monoisotopic (exact) mass is 311 g/mol. The Morgan fingerprint density at radius 3 is 2.43 bits per heavy atom. The van der Waals surface area contributed by atoms with E-state index in [0.29, 0.717) is 10.7 Å². The van der Waals surface area contributed by atoms with Crippen molar-refractivity contribution in [3.05, 3.63) is 29.3 Å². The fourth-order valence-corrected chi connectivity index (χ4v) is 2.47. The summed E-state index contributed by atoms with van der Waals surface area (Å²) in [5.74, 6) is -2.37. The largest absolute Gasteiger partial charge is 0.468 e. The van der Waals surface area contributed by atoms with Gasteiger partial charge in [0.15, 0.2) is 5.41 Å². The number of amides is 1. The van der Waals surface area contributed by atoms with Crippen LogP contribution in [0.2, 0.25) is 5.02 Å². The van der Waals surface area contributed by atoms with Gasteiger partial charge in [-0.2, -0.15) is 0 Å². The highest BCUT2D eigenvalue weighted by atomic mass is 35.5. The van der Waals surface area contributed by atoms with E-state index in [-0.39, 0.29) is 13.2 Å². The van der Waals surface area contributed by atoms with Crippen molar-refractivity contribution in [3.8, 4) is 0 Å². The molecule has 1 aromatic rings. The van der Waals surface area contributed by atoms with Crippen LogP contribution in [0.3, 0.4) is 0 Å². The molecule has 2 rings (SSSR count). The molecule has 0 radical (unpaired) electrons. The van der Waals surface area contributed by atoms with Crippen molar-refractivity contribution in [1.29, 1.82) is 0 Å². The lowest BCUT2D eigenvalue weighted by atomic mass is 9.87. The summed E-state index contributed by atoms with van der Waals surface area (Å²) in [6, 6.07) is 6.41. The maximum atomic E-state index is 12.3. The molecule has 6 nitrogen and oxygen atoms in total. The number of carbonyl (C=O) groups is 3. The maximum absolute atomic E-state index is 12.3. The number of hydrogen-bond donors (Lipinski definition) is 0. The molecule has 0 saturated carbocycles. The first-order valence-corrected chi connectivity index (χ1v) is 6.53. The molecule has 0 bridgehead atoms. The quantitative estimate of drug-likeness (QED) is 0.472. The Balaban J connectivity index is 2.40. The highest BCUT2D eigenvalue weighted by Crippen LogP contribution is 2.33. The predicted molar refractivity (Wildman–Crippen MR) is 75.1 cm³/mol. The van der Waals surface area contributed by atoms with Gasteiger partial charge in [0, 0.05) is 17.8 Å². The molecular formula is C14H14ClNO5. The lowest BCUT2D eigenvalue weighted by molar-refractivity contribution is -0.160. The zero-order valence-electron chi connectivity index (χ0n) is 11.6. The standard InChI is InChI=1S/C14H14ClNO5/c1-20-8-14(13(19)21-2)7-16(12(18)11(14)17)10-5-3-9(15)4-6-10/h3-6H,7-8H2,1-2H3. The predicted octanol–water partition coefficient (Wildman–Crippen LogP) is 1.06. The second-order valence-corrected chi connectivity index (χ2v) is 5.14. The lowest BCUT2D eigenvalue weighted by Crippen LogP contribution is -2.44. The van der Waals surface area contributed by atoms with Crippen LogP contribution in [0.5, 0.6) is 0 Å². The van der Waals surface area contributed by atoms with Gasteiger partial charge in [0.05, 0.1) is 20.3 Å². The SMILES string of the molecule is COCC1(C(=O)OC)CN(c2ccc(Cl)cc2)C(=O)C1=O. The fourth-order valence-electron chi connectivity index (χ4n) is 2.34. The Hall–Kier alpha value is -1.92. The Labute approximate surface area is 126 Å². The van der Waals surface area contributed by atoms with Gasteiger partial charge >= 0.3 is 5.97 Å². The van der Waals surface area contributed by atoms with Gasteiger partial charge in [-0.1, -0.05) is 11.6 Å². The summed E-state index contributed by atoms with van der Waals surface area (Å²) in [6.07, 6.45) is 0. The van der Waals surface area contributed by atoms with E-state index in [2.05, 4.69) is 4.74 Å². The minimum Gasteiger partial charge on any atom is -0.468 e. The Kier molecular flexibility index (Phi) is 4.29. The van der Waals surface area contributed by atoms with Crippen molar-refractivity contribution in [1.82, 2.24) is 0 Å². The van der Waals surface area contributed by atoms with E-state index in [9.17, 15) is 14.4 Å². The summed E-state index contributed by atoms with van der Waals surface area (Å²) in [5, 5.41) is 0.507. The van der Waals surface area contributed by atoms with Crippen LogP contribution < -0.4 is 4.90 Å². The summed E-state index contributed by atoms with van der Waals surface area (Å²) >= 11 is 5.80. The number of esters is 1. The minimum atomic E-state index is -1.62. The van der Waals surface area contributed by atoms with E-state index in [1.54, 1.807) is 24.3 Å². The lowest BCUT2D eigenvalue weighted by Gasteiger charge is -2.23. The number of halogens is 1. The van der Waals surface area contributed by atoms with Crippen molar-refractivity contribution in [2.75, 3.05) is 32.3 Å². The van der Waals surface area contributed by atoms with E-state index >= 15 is 0 Å². The molecule has 1 amide bonds. The third kappa shape index (κ3) is 2.52. The molecular weight excluding hydrogens is 298 g/mol. The molecule has 0 aliphatic carbocycles. The van der Waals surface area contributed by atoms with Crippen molar-refractivity contribution in [3.63, 3.8) is 0 Å². The van der Waals surface area contributed by atoms with E-state index in [1.165, 1.54) is 19.1 Å². The van der Waals surface area contributed by atoms with Crippen LogP contribution in [0, 0.1) is 5.41 Å². The molecule has 1 unspecified atom stereocenters. The third-order valence-electron chi connectivity index (χ3n) is 3.41. The second kappa shape index (κ2) is 5.83. The van der Waals surface area contributed by atoms with Crippen LogP contribution >= 0.6 is 11.6 Å². The molecule has 1 fully saturated rings. The highest BCUT2D eigenvalue weighted by Gasteiger charge is 2.58. The Morgan fingerprint density at radius 1 is 1.29 bits per heavy atom. The van der Waals surface area contributed by atoms with Crippen molar-refractivity contribution >= 4 is 34.9 Å². The number of methoxy groups -OCH3 is 2. The normalized spacial score (nSPS) is 21.8. The van der Waals surface area contributed by atoms with Gasteiger partial charge in [-0.15, -0.1) is 0 Å². The van der Waals surface area contributed by atoms with Crippen molar-refractivity contribution < 1.29 is 23.9 Å². The molecule has 0 aromatic heterocycles. The number of Topliss-reactive ketones (excluding diaryl/α,β-unsaturated/α-hetero) is 1. The summed E-state index contributed by atoms with van der Waals surface area (Å²) in [6.45, 7) is -0.332. The molecule has 1 heterocycles. The molecule has 0 spiro atoms. The first-order valence-electron chi connectivity index (χ1n) is 6.15. The summed E-state index contributed by atoms with van der Waals surface area (Å²) in [7, 11) is 2.52. The van der Waals surface area contributed by atoms with Crippen molar-refractivity contribution in [2.45, 2.75) is 0 Å². The van der Waals surface area contributed by atoms with Crippen LogP contribution in [0.15, 0.2) is 24.3 Å². The molecule has 112 valence electrons. The summed E-state index contributed by atoms with van der Waals surface area (Å²) in [4.78, 5) is 37.7. The van der Waals surface area contributed by atoms with E-state index in [0.717, 1.165) is 0 Å². The topological polar surface area (TPSA) is 72.9 Å². The number of ketones is 1. The highest BCUT2D eigenvalue weighted by molar-refractivity contribution is 6.49. The first-order chi connectivity index (χ1) is 9.96. The molecule has 21 heavy (non-hydrogen) atoms. The van der Waals surface area contributed by atoms with Crippen LogP contribution in [0.1, 0.15) is 0 Å². The fraction of sp³-hybridized carbons (Fsp3) is 0.357. The molecule has 7 heteroatoms. The van der Waals surface area contributed by atoms with Crippen LogP contribution in [0.25, 0.3) is 0 Å². The van der Waals surface area contributed by atoms with E-state index in [1.807, 2.05) is 0 Å². The molecule has 1 aliphatic rings. The van der Waals surface area contributed by atoms with Gasteiger partial charge in [0.1, 0.15) is 0 Å². The molecule has 1 atom stereocenters. The van der Waals surface area contributed by atoms with Gasteiger partial charge in [0.2, 0.25) is 5.78 Å². The zero-order chi connectivity index (χ0) is 15.6. The molecule has 0 N–H and O–H groups in total. The summed E-state index contributed by atoms with van der Waals surface area (Å²) < 4.78 is 9.62. The van der Waals surface area contributed by atoms with Crippen molar-refractivity contribution in [2.24, 2.45) is 5.41 Å². The Morgan fingerprint density at radius 2 is 1.90 bits per heavy atom. The molecule has 1 saturated heterocycles. The smallest absolute Gasteiger partial charge is 0.324 e. The van der Waals surface area contributed by atoms with Crippen LogP contribution in [-0.2, 0) is 23.9 Å². The van der Waals surface area contributed by atoms with E-state index in [4.69, 9.17) is 16.3 Å². The average molecular weight is 312 g/mol. The molecule has 1 aromatic carbocycles. The summed E-state index contributed by atoms with van der Waals surface area (Å²) in [5.41, 5.74) is -1.14. The third-order valence-corrected chi connectivity index (χ3v) is 3.66. The van der Waals surface area contributed by atoms with Gasteiger partial charge < -0.3 is 14.4 Å². The van der Waals surface area contributed by atoms with E-state index < -0.39 is 23.1 Å². The number of anilines is 1. The Bertz CT molecular complexity index is 586. The number of carbonyl (C=O) groups excluding carboxylic acids is 3. The number of ether oxygens (including phenoxy) is 2. The van der Waals surface area contributed by atoms with Gasteiger partial charge in [-0.25, -0.2) is 0 Å². The first kappa shape index (κ1) is 15.5. The maximum Gasteiger partial charge on any atom is 0.324 e. The van der Waals surface area contributed by atoms with Crippen LogP contribution in [0.4, 0.5) is 5.69 Å². The van der Waals surface area contributed by atoms with Gasteiger partial charge in [0.25, 0.3) is 5.91 Å². The average Bonchev–Trinajstić information content (AvgIpc) is 2.74. The second-order valence-electron chi connectivity index (χ2n) is 4.70. The number of rotatable bonds is 4. The number of nitrogens with zero attached hydrogens (tertiary/aromatic N) is 1. The van der Waals surface area contributed by atoms with Crippen LogP contribution in [-0.4, -0.2) is 45.0 Å².